The lowest BCUT2D eigenvalue weighted by molar-refractivity contribution is 0.0696. The molecular weight excluding hydrogens is 337 g/mol. The van der Waals surface area contributed by atoms with Crippen molar-refractivity contribution < 1.29 is 18.1 Å². The molecule has 1 aliphatic heterocycles. The number of hydrogen-bond donors (Lipinski definition) is 0. The van der Waals surface area contributed by atoms with Gasteiger partial charge in [0.05, 0.1) is 12.1 Å². The van der Waals surface area contributed by atoms with Crippen LogP contribution < -0.4 is 0 Å². The number of aryl methyl sites for hydroxylation is 1. The lowest BCUT2D eigenvalue weighted by Crippen LogP contribution is -2.39. The Labute approximate surface area is 149 Å². The standard InChI is InChI=1S/C19H18FN3O3/c1-12-16(9-21-26-12)19(24)23-8-2-3-14(10-23)18-22-17(11-25-18)13-4-6-15(20)7-5-13/h4-7,9,11,14H,2-3,8,10H2,1H3/t14-/m0/s1. The molecule has 6 nitrogen and oxygen atoms in total. The molecule has 0 unspecified atom stereocenters. The van der Waals surface area contributed by atoms with Gasteiger partial charge in [0.15, 0.2) is 5.89 Å². The van der Waals surface area contributed by atoms with E-state index < -0.39 is 0 Å². The van der Waals surface area contributed by atoms with Gasteiger partial charge < -0.3 is 13.8 Å². The van der Waals surface area contributed by atoms with Crippen LogP contribution in [0, 0.1) is 12.7 Å². The van der Waals surface area contributed by atoms with Crippen LogP contribution in [0.5, 0.6) is 0 Å². The van der Waals surface area contributed by atoms with Crippen LogP contribution in [0.1, 0.15) is 40.8 Å². The largest absolute Gasteiger partial charge is 0.448 e. The first-order valence-corrected chi connectivity index (χ1v) is 8.53. The van der Waals surface area contributed by atoms with E-state index in [9.17, 15) is 9.18 Å². The summed E-state index contributed by atoms with van der Waals surface area (Å²) >= 11 is 0. The smallest absolute Gasteiger partial charge is 0.259 e. The molecule has 0 saturated carbocycles. The van der Waals surface area contributed by atoms with Crippen LogP contribution in [0.25, 0.3) is 11.3 Å². The first-order chi connectivity index (χ1) is 12.6. The topological polar surface area (TPSA) is 72.4 Å². The molecule has 1 fully saturated rings. The van der Waals surface area contributed by atoms with E-state index in [0.29, 0.717) is 36.0 Å². The number of halogens is 1. The third kappa shape index (κ3) is 3.12. The number of benzene rings is 1. The van der Waals surface area contributed by atoms with Crippen molar-refractivity contribution in [1.82, 2.24) is 15.0 Å². The summed E-state index contributed by atoms with van der Waals surface area (Å²) in [6.45, 7) is 2.95. The predicted octanol–water partition coefficient (Wildman–Crippen LogP) is 3.80. The van der Waals surface area contributed by atoms with Crippen molar-refractivity contribution in [3.8, 4) is 11.3 Å². The third-order valence-corrected chi connectivity index (χ3v) is 4.70. The van der Waals surface area contributed by atoms with Crippen molar-refractivity contribution in [3.63, 3.8) is 0 Å². The number of rotatable bonds is 3. The molecule has 2 aromatic heterocycles. The van der Waals surface area contributed by atoms with Crippen LogP contribution >= 0.6 is 0 Å². The molecule has 1 aromatic carbocycles. The summed E-state index contributed by atoms with van der Waals surface area (Å²) in [7, 11) is 0. The molecule has 26 heavy (non-hydrogen) atoms. The Morgan fingerprint density at radius 1 is 1.31 bits per heavy atom. The van der Waals surface area contributed by atoms with Crippen molar-refractivity contribution in [2.45, 2.75) is 25.7 Å². The van der Waals surface area contributed by atoms with Gasteiger partial charge in [0, 0.05) is 18.7 Å². The predicted molar refractivity (Wildman–Crippen MR) is 91.0 cm³/mol. The van der Waals surface area contributed by atoms with Crippen LogP contribution in [0.2, 0.25) is 0 Å². The summed E-state index contributed by atoms with van der Waals surface area (Å²) in [4.78, 5) is 19.0. The average molecular weight is 355 g/mol. The maximum Gasteiger partial charge on any atom is 0.259 e. The Bertz CT molecular complexity index is 916. The molecule has 0 N–H and O–H groups in total. The van der Waals surface area contributed by atoms with Crippen molar-refractivity contribution in [2.24, 2.45) is 0 Å². The molecule has 3 heterocycles. The number of amides is 1. The average Bonchev–Trinajstić information content (AvgIpc) is 3.31. The number of carbonyl (C=O) groups is 1. The fourth-order valence-corrected chi connectivity index (χ4v) is 3.27. The number of aromatic nitrogens is 2. The lowest BCUT2D eigenvalue weighted by atomic mass is 9.97. The number of likely N-dealkylation sites (tertiary alicyclic amines) is 1. The molecule has 1 amide bonds. The minimum absolute atomic E-state index is 0.0297. The maximum absolute atomic E-state index is 13.1. The number of nitrogens with zero attached hydrogens (tertiary/aromatic N) is 3. The van der Waals surface area contributed by atoms with E-state index in [0.717, 1.165) is 18.4 Å². The molecule has 1 saturated heterocycles. The second-order valence-corrected chi connectivity index (χ2v) is 6.46. The molecule has 1 aliphatic rings. The van der Waals surface area contributed by atoms with E-state index in [2.05, 4.69) is 10.1 Å². The summed E-state index contributed by atoms with van der Waals surface area (Å²) in [5.74, 6) is 0.777. The van der Waals surface area contributed by atoms with Gasteiger partial charge in [0.25, 0.3) is 5.91 Å². The van der Waals surface area contributed by atoms with E-state index >= 15 is 0 Å². The Hall–Kier alpha value is -2.96. The summed E-state index contributed by atoms with van der Waals surface area (Å²) in [6, 6.07) is 6.13. The van der Waals surface area contributed by atoms with Gasteiger partial charge in [-0.3, -0.25) is 4.79 Å². The Morgan fingerprint density at radius 2 is 2.12 bits per heavy atom. The Kier molecular flexibility index (Phi) is 4.28. The van der Waals surface area contributed by atoms with Crippen LogP contribution in [-0.4, -0.2) is 34.0 Å². The van der Waals surface area contributed by atoms with Crippen molar-refractivity contribution in [1.29, 1.82) is 0 Å². The first kappa shape index (κ1) is 16.5. The number of piperidine rings is 1. The molecule has 0 spiro atoms. The van der Waals surface area contributed by atoms with Crippen LogP contribution in [0.4, 0.5) is 4.39 Å². The second kappa shape index (κ2) is 6.74. The maximum atomic E-state index is 13.1. The molecule has 0 aliphatic carbocycles. The highest BCUT2D eigenvalue weighted by Gasteiger charge is 2.30. The molecule has 0 radical (unpaired) electrons. The monoisotopic (exact) mass is 355 g/mol. The van der Waals surface area contributed by atoms with Gasteiger partial charge in [-0.15, -0.1) is 0 Å². The van der Waals surface area contributed by atoms with Gasteiger partial charge in [-0.1, -0.05) is 5.16 Å². The van der Waals surface area contributed by atoms with Gasteiger partial charge >= 0.3 is 0 Å². The SMILES string of the molecule is Cc1oncc1C(=O)N1CCC[C@H](c2nc(-c3ccc(F)cc3)co2)C1. The Morgan fingerprint density at radius 3 is 2.85 bits per heavy atom. The fourth-order valence-electron chi connectivity index (χ4n) is 3.27. The summed E-state index contributed by atoms with van der Waals surface area (Å²) in [6.07, 6.45) is 4.80. The van der Waals surface area contributed by atoms with E-state index in [-0.39, 0.29) is 17.6 Å². The van der Waals surface area contributed by atoms with Gasteiger partial charge in [-0.25, -0.2) is 9.37 Å². The van der Waals surface area contributed by atoms with Crippen LogP contribution in [0.3, 0.4) is 0 Å². The van der Waals surface area contributed by atoms with E-state index in [4.69, 9.17) is 8.94 Å². The lowest BCUT2D eigenvalue weighted by Gasteiger charge is -2.31. The van der Waals surface area contributed by atoms with Gasteiger partial charge in [-0.05, 0) is 44.0 Å². The van der Waals surface area contributed by atoms with E-state index in [1.165, 1.54) is 18.3 Å². The highest BCUT2D eigenvalue weighted by molar-refractivity contribution is 5.94. The number of carbonyl (C=O) groups excluding carboxylic acids is 1. The quantitative estimate of drug-likeness (QED) is 0.715. The zero-order valence-corrected chi connectivity index (χ0v) is 14.3. The first-order valence-electron chi connectivity index (χ1n) is 8.53. The van der Waals surface area contributed by atoms with Crippen molar-refractivity contribution in [3.05, 3.63) is 59.8 Å². The molecule has 0 bridgehead atoms. The minimum Gasteiger partial charge on any atom is -0.448 e. The van der Waals surface area contributed by atoms with Gasteiger partial charge in [-0.2, -0.15) is 0 Å². The zero-order valence-electron chi connectivity index (χ0n) is 14.3. The van der Waals surface area contributed by atoms with E-state index in [1.54, 1.807) is 30.2 Å². The molecule has 1 atom stereocenters. The molecule has 7 heteroatoms. The van der Waals surface area contributed by atoms with E-state index in [1.807, 2.05) is 0 Å². The van der Waals surface area contributed by atoms with Crippen molar-refractivity contribution in [2.75, 3.05) is 13.1 Å². The third-order valence-electron chi connectivity index (χ3n) is 4.70. The number of hydrogen-bond acceptors (Lipinski definition) is 5. The van der Waals surface area contributed by atoms with Gasteiger partial charge in [0.2, 0.25) is 0 Å². The zero-order chi connectivity index (χ0) is 18.1. The summed E-state index contributed by atoms with van der Waals surface area (Å²) in [5.41, 5.74) is 1.95. The van der Waals surface area contributed by atoms with Gasteiger partial charge in [0.1, 0.15) is 29.1 Å². The number of oxazole rings is 1. The van der Waals surface area contributed by atoms with Crippen LogP contribution in [0.15, 0.2) is 45.7 Å². The molecule has 3 aromatic rings. The summed E-state index contributed by atoms with van der Waals surface area (Å²) < 4.78 is 23.7. The highest BCUT2D eigenvalue weighted by Crippen LogP contribution is 2.30. The normalized spacial score (nSPS) is 17.5. The van der Waals surface area contributed by atoms with Crippen molar-refractivity contribution >= 4 is 5.91 Å². The molecular formula is C19H18FN3O3. The summed E-state index contributed by atoms with van der Waals surface area (Å²) in [5, 5.41) is 3.68. The van der Waals surface area contributed by atoms with Crippen LogP contribution in [-0.2, 0) is 0 Å². The Balaban J connectivity index is 1.51. The molecule has 134 valence electrons. The molecule has 4 rings (SSSR count). The second-order valence-electron chi connectivity index (χ2n) is 6.46. The fraction of sp³-hybridized carbons (Fsp3) is 0.316. The highest BCUT2D eigenvalue weighted by atomic mass is 19.1. The minimum atomic E-state index is -0.289.